The number of benzene rings is 6. The van der Waals surface area contributed by atoms with E-state index in [1.165, 1.54) is 97.1 Å². The predicted octanol–water partition coefficient (Wildman–Crippen LogP) is 10.6. The summed E-state index contributed by atoms with van der Waals surface area (Å²) in [7, 11) is 0. The Morgan fingerprint density at radius 2 is 1.23 bits per heavy atom. The molecule has 0 aromatic heterocycles. The van der Waals surface area contributed by atoms with E-state index in [4.69, 9.17) is 0 Å². The largest absolute Gasteiger partial charge is 0.311 e. The summed E-state index contributed by atoms with van der Waals surface area (Å²) in [5.41, 5.74) is 9.63. The molecule has 1 N–H and O–H groups in total. The summed E-state index contributed by atoms with van der Waals surface area (Å²) in [5.74, 6) is 0.783. The van der Waals surface area contributed by atoms with Gasteiger partial charge in [0.2, 0.25) is 0 Å². The van der Waals surface area contributed by atoms with Gasteiger partial charge in [0, 0.05) is 12.6 Å². The van der Waals surface area contributed by atoms with E-state index in [0.29, 0.717) is 0 Å². The van der Waals surface area contributed by atoms with Crippen molar-refractivity contribution in [2.24, 2.45) is 5.92 Å². The molecule has 0 radical (unpaired) electrons. The van der Waals surface area contributed by atoms with Crippen molar-refractivity contribution >= 4 is 32.3 Å². The summed E-state index contributed by atoms with van der Waals surface area (Å²) >= 11 is 0. The second kappa shape index (κ2) is 12.0. The highest BCUT2D eigenvalue weighted by atomic mass is 15.1. The average molecular weight is 562 g/mol. The maximum Gasteiger partial charge on any atom is 0.0196 e. The lowest BCUT2D eigenvalue weighted by molar-refractivity contribution is 0.517. The van der Waals surface area contributed by atoms with Crippen LogP contribution < -0.4 is 5.32 Å². The number of hydrogen-bond donors (Lipinski definition) is 1. The fourth-order valence-electron chi connectivity index (χ4n) is 6.67. The van der Waals surface area contributed by atoms with Gasteiger partial charge in [-0.15, -0.1) is 0 Å². The second-order valence-corrected chi connectivity index (χ2v) is 13.1. The Labute approximate surface area is 257 Å². The van der Waals surface area contributed by atoms with Crippen molar-refractivity contribution in [1.29, 1.82) is 0 Å². The third-order valence-electron chi connectivity index (χ3n) is 9.76. The van der Waals surface area contributed by atoms with Crippen molar-refractivity contribution in [1.82, 2.24) is 5.32 Å². The minimum absolute atomic E-state index is 0.723. The Balaban J connectivity index is 1.20. The molecule has 0 saturated carbocycles. The highest BCUT2D eigenvalue weighted by Gasteiger charge is 2.19. The first-order valence-electron chi connectivity index (χ1n) is 16.3. The maximum atomic E-state index is 3.43. The van der Waals surface area contributed by atoms with Crippen molar-refractivity contribution in [3.05, 3.63) is 131 Å². The molecule has 6 aromatic rings. The highest BCUT2D eigenvalue weighted by molar-refractivity contribution is 6.01. The Bertz CT molecular complexity index is 1930. The molecular formula is C42H43N. The van der Waals surface area contributed by atoms with Gasteiger partial charge in [-0.3, -0.25) is 0 Å². The van der Waals surface area contributed by atoms with Crippen LogP contribution in [0.3, 0.4) is 0 Å². The molecule has 1 heterocycles. The van der Waals surface area contributed by atoms with Crippen LogP contribution in [0.2, 0.25) is 0 Å². The zero-order valence-corrected chi connectivity index (χ0v) is 25.9. The molecule has 0 spiro atoms. The molecule has 6 aromatic carbocycles. The molecule has 1 nitrogen and oxygen atoms in total. The van der Waals surface area contributed by atoms with E-state index in [9.17, 15) is 0 Å². The molecule has 43 heavy (non-hydrogen) atoms. The summed E-state index contributed by atoms with van der Waals surface area (Å²) in [5, 5.41) is 11.4. The Morgan fingerprint density at radius 1 is 0.651 bits per heavy atom. The van der Waals surface area contributed by atoms with Crippen molar-refractivity contribution in [2.75, 3.05) is 6.54 Å². The van der Waals surface area contributed by atoms with E-state index in [2.05, 4.69) is 129 Å². The van der Waals surface area contributed by atoms with E-state index < -0.39 is 0 Å². The topological polar surface area (TPSA) is 21.9 Å². The number of hydrogen-bond acceptors (Lipinski definition) is 1. The normalized spacial score (nSPS) is 15.4. The Kier molecular flexibility index (Phi) is 7.76. The molecule has 216 valence electrons. The number of aryl methyl sites for hydroxylation is 3. The first-order chi connectivity index (χ1) is 21.0. The summed E-state index contributed by atoms with van der Waals surface area (Å²) in [4.78, 5) is 0. The standard InChI is InChI=1S/C42H43N/c1-4-28(2)5-7-30-8-14-34-16-10-32(24-38(34)22-30)21-33-11-17-36-13-6-29(3)42(41(36)25-33)37-19-18-35-15-9-31(23-39(35)26-37)12-20-40-27-43-40/h6,8-11,13-19,22-26,28,40,43H,4-5,7,12,20-21,27H2,1-3H3. The first kappa shape index (κ1) is 27.9. The van der Waals surface area contributed by atoms with E-state index in [0.717, 1.165) is 31.2 Å². The van der Waals surface area contributed by atoms with Crippen LogP contribution in [0.1, 0.15) is 60.9 Å². The fraction of sp³-hybridized carbons (Fsp3) is 0.286. The molecule has 1 saturated heterocycles. The number of nitrogens with one attached hydrogen (secondary N) is 1. The van der Waals surface area contributed by atoms with Gasteiger partial charge in [0.25, 0.3) is 0 Å². The smallest absolute Gasteiger partial charge is 0.0196 e. The van der Waals surface area contributed by atoms with Crippen LogP contribution in [0.5, 0.6) is 0 Å². The van der Waals surface area contributed by atoms with Crippen LogP contribution in [0.4, 0.5) is 0 Å². The van der Waals surface area contributed by atoms with Gasteiger partial charge in [0.1, 0.15) is 0 Å². The van der Waals surface area contributed by atoms with Gasteiger partial charge in [-0.05, 0) is 122 Å². The van der Waals surface area contributed by atoms with Gasteiger partial charge in [-0.2, -0.15) is 0 Å². The van der Waals surface area contributed by atoms with Crippen LogP contribution in [0.25, 0.3) is 43.4 Å². The van der Waals surface area contributed by atoms with Gasteiger partial charge in [-0.25, -0.2) is 0 Å². The molecule has 1 heteroatoms. The molecule has 2 atom stereocenters. The van der Waals surface area contributed by atoms with E-state index in [-0.39, 0.29) is 0 Å². The Morgan fingerprint density at radius 3 is 1.95 bits per heavy atom. The van der Waals surface area contributed by atoms with Crippen LogP contribution in [-0.4, -0.2) is 12.6 Å². The lowest BCUT2D eigenvalue weighted by Gasteiger charge is -2.14. The van der Waals surface area contributed by atoms with Gasteiger partial charge < -0.3 is 5.32 Å². The van der Waals surface area contributed by atoms with Crippen LogP contribution in [-0.2, 0) is 19.3 Å². The molecule has 0 bridgehead atoms. The molecule has 1 aliphatic rings. The maximum absolute atomic E-state index is 3.43. The van der Waals surface area contributed by atoms with Gasteiger partial charge in [0.05, 0.1) is 0 Å². The van der Waals surface area contributed by atoms with Crippen molar-refractivity contribution < 1.29 is 0 Å². The van der Waals surface area contributed by atoms with Crippen LogP contribution in [0.15, 0.2) is 103 Å². The SMILES string of the molecule is CCC(C)CCc1ccc2ccc(Cc3ccc4ccc(C)c(-c5ccc6ccc(CCC7CN7)cc6c5)c4c3)cc2c1. The first-order valence-corrected chi connectivity index (χ1v) is 16.3. The lowest BCUT2D eigenvalue weighted by atomic mass is 9.90. The predicted molar refractivity (Wildman–Crippen MR) is 186 cm³/mol. The molecule has 1 aliphatic heterocycles. The van der Waals surface area contributed by atoms with Gasteiger partial charge >= 0.3 is 0 Å². The summed E-state index contributed by atoms with van der Waals surface area (Å²) in [6.45, 7) is 8.09. The summed E-state index contributed by atoms with van der Waals surface area (Å²) < 4.78 is 0. The van der Waals surface area contributed by atoms with Crippen molar-refractivity contribution in [3.8, 4) is 11.1 Å². The van der Waals surface area contributed by atoms with E-state index >= 15 is 0 Å². The fourth-order valence-corrected chi connectivity index (χ4v) is 6.67. The molecule has 0 aliphatic carbocycles. The van der Waals surface area contributed by atoms with E-state index in [1.54, 1.807) is 0 Å². The average Bonchev–Trinajstić information content (AvgIpc) is 3.87. The molecular weight excluding hydrogens is 518 g/mol. The molecule has 7 rings (SSSR count). The summed E-state index contributed by atoms with van der Waals surface area (Å²) in [6, 6.07) is 40.4. The molecule has 1 fully saturated rings. The molecule has 2 unspecified atom stereocenters. The monoisotopic (exact) mass is 561 g/mol. The number of rotatable bonds is 10. The van der Waals surface area contributed by atoms with Crippen LogP contribution >= 0.6 is 0 Å². The zero-order valence-electron chi connectivity index (χ0n) is 25.9. The lowest BCUT2D eigenvalue weighted by Crippen LogP contribution is -1.95. The minimum atomic E-state index is 0.723. The van der Waals surface area contributed by atoms with Crippen molar-refractivity contribution in [3.63, 3.8) is 0 Å². The zero-order chi connectivity index (χ0) is 29.3. The second-order valence-electron chi connectivity index (χ2n) is 13.1. The quantitative estimate of drug-likeness (QED) is 0.165. The number of fused-ring (bicyclic) bond motifs is 3. The van der Waals surface area contributed by atoms with Crippen molar-refractivity contribution in [2.45, 2.75) is 65.3 Å². The molecule has 0 amide bonds. The Hall–Kier alpha value is -3.94. The third-order valence-corrected chi connectivity index (χ3v) is 9.76. The van der Waals surface area contributed by atoms with Crippen LogP contribution in [0, 0.1) is 12.8 Å². The minimum Gasteiger partial charge on any atom is -0.311 e. The van der Waals surface area contributed by atoms with Gasteiger partial charge in [-0.1, -0.05) is 117 Å². The van der Waals surface area contributed by atoms with E-state index in [1.807, 2.05) is 0 Å². The highest BCUT2D eigenvalue weighted by Crippen LogP contribution is 2.35. The van der Waals surface area contributed by atoms with Gasteiger partial charge in [0.15, 0.2) is 0 Å². The third kappa shape index (κ3) is 6.24. The summed E-state index contributed by atoms with van der Waals surface area (Å²) in [6.07, 6.45) is 6.99.